The van der Waals surface area contributed by atoms with Crippen molar-refractivity contribution >= 4 is 11.9 Å². The number of amides is 1. The van der Waals surface area contributed by atoms with Gasteiger partial charge in [0.05, 0.1) is 25.4 Å². The van der Waals surface area contributed by atoms with Crippen LogP contribution in [0.15, 0.2) is 12.2 Å². The smallest absolute Gasteiger partial charge is 0.305 e. The van der Waals surface area contributed by atoms with Gasteiger partial charge in [-0.2, -0.15) is 0 Å². The van der Waals surface area contributed by atoms with Crippen molar-refractivity contribution in [3.05, 3.63) is 12.2 Å². The molecule has 66 heavy (non-hydrogen) atoms. The van der Waals surface area contributed by atoms with E-state index in [0.29, 0.717) is 25.9 Å². The standard InChI is InChI=1S/C60H117NO5/c1-3-5-7-9-11-13-15-17-19-21-23-24-26-27-29-31-33-36-40-44-48-52-58(63)57(56-62)61-59(64)53-49-45-41-37-35-39-43-47-51-55-66-60(65)54-50-46-42-38-34-32-30-28-25-22-20-18-16-14-12-10-8-6-4-2/h18,20,57-58,62-63H,3-17,19,21-56H2,1-2H3,(H,61,64)/b20-18-. The number of unbranched alkanes of at least 4 members (excludes halogenated alkanes) is 43. The fourth-order valence-electron chi connectivity index (χ4n) is 9.46. The second-order valence-electron chi connectivity index (χ2n) is 20.7. The summed E-state index contributed by atoms with van der Waals surface area (Å²) in [5.74, 6) is -0.0827. The Bertz CT molecular complexity index is 986. The van der Waals surface area contributed by atoms with Crippen LogP contribution in [-0.4, -0.2) is 47.4 Å². The zero-order valence-electron chi connectivity index (χ0n) is 44.7. The molecule has 1 amide bonds. The van der Waals surface area contributed by atoms with Crippen molar-refractivity contribution in [2.75, 3.05) is 13.2 Å². The second kappa shape index (κ2) is 56.2. The third-order valence-corrected chi connectivity index (χ3v) is 14.1. The van der Waals surface area contributed by atoms with Crippen LogP contribution >= 0.6 is 0 Å². The van der Waals surface area contributed by atoms with Crippen molar-refractivity contribution < 1.29 is 24.5 Å². The number of nitrogens with one attached hydrogen (secondary N) is 1. The lowest BCUT2D eigenvalue weighted by Gasteiger charge is -2.22. The van der Waals surface area contributed by atoms with Gasteiger partial charge < -0.3 is 20.3 Å². The van der Waals surface area contributed by atoms with Crippen molar-refractivity contribution in [1.82, 2.24) is 5.32 Å². The van der Waals surface area contributed by atoms with Gasteiger partial charge in [0.1, 0.15) is 0 Å². The number of aliphatic hydroxyl groups is 2. The number of allylic oxidation sites excluding steroid dienone is 2. The molecule has 392 valence electrons. The topological polar surface area (TPSA) is 95.9 Å². The first-order valence-corrected chi connectivity index (χ1v) is 29.9. The first kappa shape index (κ1) is 64.6. The lowest BCUT2D eigenvalue weighted by atomic mass is 10.0. The number of hydrogen-bond acceptors (Lipinski definition) is 5. The SMILES string of the molecule is CCCCCCCC/C=C\CCCCCCCCCCCC(=O)OCCCCCCCCCCCC(=O)NC(CO)C(O)CCCCCCCCCCCCCCCCCCCCCCC. The van der Waals surface area contributed by atoms with Crippen LogP contribution in [0, 0.1) is 0 Å². The summed E-state index contributed by atoms with van der Waals surface area (Å²) in [7, 11) is 0. The van der Waals surface area contributed by atoms with E-state index in [-0.39, 0.29) is 18.5 Å². The predicted octanol–water partition coefficient (Wildman–Crippen LogP) is 18.5. The maximum absolute atomic E-state index is 12.5. The van der Waals surface area contributed by atoms with Crippen LogP contribution < -0.4 is 5.32 Å². The van der Waals surface area contributed by atoms with Gasteiger partial charge in [0.25, 0.3) is 0 Å². The van der Waals surface area contributed by atoms with E-state index in [4.69, 9.17) is 4.74 Å². The summed E-state index contributed by atoms with van der Waals surface area (Å²) in [5.41, 5.74) is 0. The molecule has 0 aliphatic rings. The molecule has 0 aromatic rings. The van der Waals surface area contributed by atoms with E-state index < -0.39 is 12.1 Å². The zero-order chi connectivity index (χ0) is 47.9. The first-order chi connectivity index (χ1) is 32.5. The van der Waals surface area contributed by atoms with Crippen LogP contribution in [0.3, 0.4) is 0 Å². The highest BCUT2D eigenvalue weighted by Crippen LogP contribution is 2.18. The molecule has 0 saturated carbocycles. The Morgan fingerprint density at radius 2 is 0.712 bits per heavy atom. The summed E-state index contributed by atoms with van der Waals surface area (Å²) in [6, 6.07) is -0.562. The minimum absolute atomic E-state index is 0.0240. The Morgan fingerprint density at radius 1 is 0.409 bits per heavy atom. The van der Waals surface area contributed by atoms with E-state index >= 15 is 0 Å². The van der Waals surface area contributed by atoms with Crippen LogP contribution in [0.5, 0.6) is 0 Å². The fraction of sp³-hybridized carbons (Fsp3) is 0.933. The summed E-state index contributed by atoms with van der Waals surface area (Å²) in [6.07, 6.45) is 66.3. The Labute approximate surface area is 412 Å². The molecule has 0 rings (SSSR count). The quantitative estimate of drug-likeness (QED) is 0.0321. The molecule has 0 saturated heterocycles. The molecule has 0 spiro atoms. The zero-order valence-corrected chi connectivity index (χ0v) is 44.7. The maximum Gasteiger partial charge on any atom is 0.305 e. The van der Waals surface area contributed by atoms with E-state index in [9.17, 15) is 19.8 Å². The van der Waals surface area contributed by atoms with Crippen molar-refractivity contribution in [3.63, 3.8) is 0 Å². The first-order valence-electron chi connectivity index (χ1n) is 29.9. The predicted molar refractivity (Wildman–Crippen MR) is 287 cm³/mol. The molecule has 2 unspecified atom stereocenters. The van der Waals surface area contributed by atoms with Crippen LogP contribution in [0.1, 0.15) is 335 Å². The molecule has 0 radical (unpaired) electrons. The van der Waals surface area contributed by atoms with Gasteiger partial charge in [-0.3, -0.25) is 9.59 Å². The molecule has 6 nitrogen and oxygen atoms in total. The van der Waals surface area contributed by atoms with Gasteiger partial charge >= 0.3 is 5.97 Å². The van der Waals surface area contributed by atoms with Crippen LogP contribution in [0.2, 0.25) is 0 Å². The molecular formula is C60H117NO5. The van der Waals surface area contributed by atoms with Crippen molar-refractivity contribution in [3.8, 4) is 0 Å². The number of hydrogen-bond donors (Lipinski definition) is 3. The highest BCUT2D eigenvalue weighted by molar-refractivity contribution is 5.76. The average molecular weight is 933 g/mol. The summed E-state index contributed by atoms with van der Waals surface area (Å²) in [6.45, 7) is 4.91. The van der Waals surface area contributed by atoms with E-state index in [1.54, 1.807) is 0 Å². The van der Waals surface area contributed by atoms with E-state index in [0.717, 1.165) is 57.8 Å². The van der Waals surface area contributed by atoms with Gasteiger partial charge in [0, 0.05) is 12.8 Å². The summed E-state index contributed by atoms with van der Waals surface area (Å²) in [5, 5.41) is 23.3. The molecule has 0 aliphatic heterocycles. The van der Waals surface area contributed by atoms with Crippen LogP contribution in [0.4, 0.5) is 0 Å². The largest absolute Gasteiger partial charge is 0.466 e. The maximum atomic E-state index is 12.5. The molecule has 0 aromatic heterocycles. The summed E-state index contributed by atoms with van der Waals surface area (Å²) >= 11 is 0. The molecule has 0 heterocycles. The number of aliphatic hydroxyl groups excluding tert-OH is 2. The highest BCUT2D eigenvalue weighted by Gasteiger charge is 2.20. The van der Waals surface area contributed by atoms with Gasteiger partial charge in [0.2, 0.25) is 5.91 Å². The van der Waals surface area contributed by atoms with Crippen LogP contribution in [-0.2, 0) is 14.3 Å². The molecule has 0 aromatic carbocycles. The highest BCUT2D eigenvalue weighted by atomic mass is 16.5. The second-order valence-corrected chi connectivity index (χ2v) is 20.7. The fourth-order valence-corrected chi connectivity index (χ4v) is 9.46. The summed E-state index contributed by atoms with van der Waals surface area (Å²) in [4.78, 5) is 24.6. The van der Waals surface area contributed by atoms with Gasteiger partial charge in [0.15, 0.2) is 0 Å². The molecular weight excluding hydrogens is 815 g/mol. The molecule has 2 atom stereocenters. The molecule has 6 heteroatoms. The number of rotatable bonds is 56. The van der Waals surface area contributed by atoms with E-state index in [2.05, 4.69) is 31.3 Å². The van der Waals surface area contributed by atoms with E-state index in [1.165, 1.54) is 244 Å². The van der Waals surface area contributed by atoms with Gasteiger partial charge in [-0.25, -0.2) is 0 Å². The Hall–Kier alpha value is -1.40. The molecule has 0 fully saturated rings. The van der Waals surface area contributed by atoms with Crippen molar-refractivity contribution in [2.24, 2.45) is 0 Å². The Balaban J connectivity index is 3.45. The third kappa shape index (κ3) is 52.0. The Kier molecular flexibility index (Phi) is 55.0. The Morgan fingerprint density at radius 3 is 1.08 bits per heavy atom. The third-order valence-electron chi connectivity index (χ3n) is 14.1. The lowest BCUT2D eigenvalue weighted by Crippen LogP contribution is -2.45. The minimum Gasteiger partial charge on any atom is -0.466 e. The number of carbonyl (C=O) groups is 2. The number of carbonyl (C=O) groups excluding carboxylic acids is 2. The van der Waals surface area contributed by atoms with Crippen molar-refractivity contribution in [2.45, 2.75) is 347 Å². The monoisotopic (exact) mass is 932 g/mol. The minimum atomic E-state index is -0.682. The summed E-state index contributed by atoms with van der Waals surface area (Å²) < 4.78 is 5.48. The molecule has 3 N–H and O–H groups in total. The van der Waals surface area contributed by atoms with Crippen LogP contribution in [0.25, 0.3) is 0 Å². The van der Waals surface area contributed by atoms with Gasteiger partial charge in [-0.15, -0.1) is 0 Å². The number of ether oxygens (including phenoxy) is 1. The van der Waals surface area contributed by atoms with Crippen molar-refractivity contribution in [1.29, 1.82) is 0 Å². The van der Waals surface area contributed by atoms with E-state index in [1.807, 2.05) is 0 Å². The lowest BCUT2D eigenvalue weighted by molar-refractivity contribution is -0.143. The average Bonchev–Trinajstić information content (AvgIpc) is 3.32. The molecule has 0 bridgehead atoms. The normalized spacial score (nSPS) is 12.6. The molecule has 0 aliphatic carbocycles. The van der Waals surface area contributed by atoms with Gasteiger partial charge in [-0.05, 0) is 51.4 Å². The number of esters is 1. The van der Waals surface area contributed by atoms with Gasteiger partial charge in [-0.1, -0.05) is 283 Å².